The first-order chi connectivity index (χ1) is 7.92. The van der Waals surface area contributed by atoms with Gasteiger partial charge in [0, 0.05) is 6.42 Å². The van der Waals surface area contributed by atoms with Crippen molar-refractivity contribution in [3.05, 3.63) is 48.0 Å². The van der Waals surface area contributed by atoms with E-state index in [1.807, 2.05) is 18.2 Å². The Hall–Kier alpha value is -1.67. The topological polar surface area (TPSA) is 26.3 Å². The van der Waals surface area contributed by atoms with Gasteiger partial charge in [-0.15, -0.1) is 0 Å². The van der Waals surface area contributed by atoms with Gasteiger partial charge < -0.3 is 9.53 Å². The Morgan fingerprint density at radius 1 is 1.06 bits per heavy atom. The molecule has 2 heteroatoms. The van der Waals surface area contributed by atoms with Crippen LogP contribution in [0.4, 0.5) is 0 Å². The lowest BCUT2D eigenvalue weighted by molar-refractivity contribution is -0.108. The molecule has 0 saturated carbocycles. The maximum absolute atomic E-state index is 10.1. The van der Waals surface area contributed by atoms with Crippen LogP contribution in [-0.2, 0) is 16.1 Å². The van der Waals surface area contributed by atoms with Gasteiger partial charge in [-0.1, -0.05) is 42.5 Å². The van der Waals surface area contributed by atoms with Gasteiger partial charge in [0.2, 0.25) is 0 Å². The van der Waals surface area contributed by atoms with E-state index in [4.69, 9.17) is 4.74 Å². The van der Waals surface area contributed by atoms with Crippen molar-refractivity contribution in [3.8, 4) is 0 Å². The number of hydrogen-bond donors (Lipinski definition) is 0. The molecule has 0 aliphatic heterocycles. The zero-order valence-electron chi connectivity index (χ0n) is 9.06. The quantitative estimate of drug-likeness (QED) is 0.565. The third kappa shape index (κ3) is 2.47. The molecule has 82 valence electrons. The summed E-state index contributed by atoms with van der Waals surface area (Å²) >= 11 is 0. The van der Waals surface area contributed by atoms with Crippen LogP contribution in [0.5, 0.6) is 0 Å². The summed E-state index contributed by atoms with van der Waals surface area (Å²) in [5, 5.41) is 2.44. The first-order valence-electron chi connectivity index (χ1n) is 5.40. The minimum absolute atomic E-state index is 0.463. The van der Waals surface area contributed by atoms with E-state index in [1.165, 1.54) is 16.3 Å². The Kier molecular flexibility index (Phi) is 3.67. The molecule has 0 atom stereocenters. The van der Waals surface area contributed by atoms with Crippen LogP contribution in [-0.4, -0.2) is 12.9 Å². The van der Waals surface area contributed by atoms with Crippen molar-refractivity contribution in [1.29, 1.82) is 0 Å². The average molecular weight is 214 g/mol. The molecule has 2 aromatic carbocycles. The second-order valence-electron chi connectivity index (χ2n) is 3.65. The van der Waals surface area contributed by atoms with E-state index < -0.39 is 0 Å². The lowest BCUT2D eigenvalue weighted by Crippen LogP contribution is -1.96. The second kappa shape index (κ2) is 5.42. The van der Waals surface area contributed by atoms with Crippen molar-refractivity contribution in [2.75, 3.05) is 6.61 Å². The van der Waals surface area contributed by atoms with E-state index in [0.29, 0.717) is 19.6 Å². The molecule has 0 bridgehead atoms. The molecule has 0 aliphatic carbocycles. The van der Waals surface area contributed by atoms with E-state index in [-0.39, 0.29) is 0 Å². The Bertz CT molecular complexity index is 472. The number of hydrogen-bond acceptors (Lipinski definition) is 2. The van der Waals surface area contributed by atoms with Gasteiger partial charge in [-0.2, -0.15) is 0 Å². The third-order valence-electron chi connectivity index (χ3n) is 2.52. The number of aldehydes is 1. The molecule has 0 radical (unpaired) electrons. The standard InChI is InChI=1S/C14H14O2/c15-9-4-10-16-11-13-7-3-6-12-5-1-2-8-14(12)13/h1-3,5-9H,4,10-11H2. The molecule has 2 rings (SSSR count). The molecule has 16 heavy (non-hydrogen) atoms. The van der Waals surface area contributed by atoms with E-state index in [1.54, 1.807) is 0 Å². The Labute approximate surface area is 94.8 Å². The van der Waals surface area contributed by atoms with Crippen molar-refractivity contribution in [1.82, 2.24) is 0 Å². The normalized spacial score (nSPS) is 10.5. The molecule has 0 aromatic heterocycles. The first-order valence-corrected chi connectivity index (χ1v) is 5.40. The lowest BCUT2D eigenvalue weighted by atomic mass is 10.1. The van der Waals surface area contributed by atoms with Crippen LogP contribution in [0.3, 0.4) is 0 Å². The van der Waals surface area contributed by atoms with Crippen molar-refractivity contribution in [2.45, 2.75) is 13.0 Å². The summed E-state index contributed by atoms with van der Waals surface area (Å²) in [7, 11) is 0. The summed E-state index contributed by atoms with van der Waals surface area (Å²) in [6, 6.07) is 14.4. The summed E-state index contributed by atoms with van der Waals surface area (Å²) in [6.45, 7) is 1.06. The molecule has 0 amide bonds. The third-order valence-corrected chi connectivity index (χ3v) is 2.52. The summed E-state index contributed by atoms with van der Waals surface area (Å²) in [5.74, 6) is 0. The lowest BCUT2D eigenvalue weighted by Gasteiger charge is -2.06. The molecular weight excluding hydrogens is 200 g/mol. The van der Waals surface area contributed by atoms with Crippen LogP contribution in [0.2, 0.25) is 0 Å². The summed E-state index contributed by atoms with van der Waals surface area (Å²) < 4.78 is 5.44. The second-order valence-corrected chi connectivity index (χ2v) is 3.65. The van der Waals surface area contributed by atoms with E-state index >= 15 is 0 Å². The number of benzene rings is 2. The predicted octanol–water partition coefficient (Wildman–Crippen LogP) is 2.95. The maximum atomic E-state index is 10.1. The highest BCUT2D eigenvalue weighted by Crippen LogP contribution is 2.18. The monoisotopic (exact) mass is 214 g/mol. The smallest absolute Gasteiger partial charge is 0.122 e. The number of carbonyl (C=O) groups excluding carboxylic acids is 1. The molecule has 2 aromatic rings. The van der Waals surface area contributed by atoms with Gasteiger partial charge in [-0.05, 0) is 16.3 Å². The van der Waals surface area contributed by atoms with Crippen LogP contribution in [0.1, 0.15) is 12.0 Å². The largest absolute Gasteiger partial charge is 0.376 e. The number of ether oxygens (including phenoxy) is 1. The predicted molar refractivity (Wildman–Crippen MR) is 64.3 cm³/mol. The number of carbonyl (C=O) groups is 1. The molecule has 0 heterocycles. The highest BCUT2D eigenvalue weighted by Gasteiger charge is 1.99. The zero-order chi connectivity index (χ0) is 11.2. The first kappa shape index (κ1) is 10.8. The van der Waals surface area contributed by atoms with E-state index in [2.05, 4.69) is 24.3 Å². The fourth-order valence-corrected chi connectivity index (χ4v) is 1.73. The molecular formula is C14H14O2. The zero-order valence-corrected chi connectivity index (χ0v) is 9.06. The summed E-state index contributed by atoms with van der Waals surface area (Å²) in [6.07, 6.45) is 1.34. The van der Waals surface area contributed by atoms with Gasteiger partial charge in [0.1, 0.15) is 6.29 Å². The summed E-state index contributed by atoms with van der Waals surface area (Å²) in [5.41, 5.74) is 1.17. The van der Waals surface area contributed by atoms with E-state index in [0.717, 1.165) is 6.29 Å². The van der Waals surface area contributed by atoms with Crippen LogP contribution in [0.25, 0.3) is 10.8 Å². The SMILES string of the molecule is O=CCCOCc1cccc2ccccc12. The maximum Gasteiger partial charge on any atom is 0.122 e. The molecule has 0 fully saturated rings. The van der Waals surface area contributed by atoms with Gasteiger partial charge in [-0.25, -0.2) is 0 Å². The van der Waals surface area contributed by atoms with Gasteiger partial charge >= 0.3 is 0 Å². The van der Waals surface area contributed by atoms with Gasteiger partial charge in [0.05, 0.1) is 13.2 Å². The van der Waals surface area contributed by atoms with Crippen molar-refractivity contribution in [2.24, 2.45) is 0 Å². The molecule has 0 saturated heterocycles. The number of rotatable bonds is 5. The molecule has 0 spiro atoms. The fraction of sp³-hybridized carbons (Fsp3) is 0.214. The van der Waals surface area contributed by atoms with Crippen LogP contribution < -0.4 is 0 Å². The minimum Gasteiger partial charge on any atom is -0.376 e. The highest BCUT2D eigenvalue weighted by molar-refractivity contribution is 5.85. The Balaban J connectivity index is 2.14. The van der Waals surface area contributed by atoms with Crippen molar-refractivity contribution >= 4 is 17.1 Å². The van der Waals surface area contributed by atoms with Gasteiger partial charge in [0.15, 0.2) is 0 Å². The Morgan fingerprint density at radius 3 is 2.75 bits per heavy atom. The number of fused-ring (bicyclic) bond motifs is 1. The molecule has 0 unspecified atom stereocenters. The van der Waals surface area contributed by atoms with Crippen molar-refractivity contribution in [3.63, 3.8) is 0 Å². The van der Waals surface area contributed by atoms with Crippen LogP contribution in [0.15, 0.2) is 42.5 Å². The molecule has 0 aliphatic rings. The minimum atomic E-state index is 0.463. The highest BCUT2D eigenvalue weighted by atomic mass is 16.5. The Morgan fingerprint density at radius 2 is 1.88 bits per heavy atom. The van der Waals surface area contributed by atoms with Crippen molar-refractivity contribution < 1.29 is 9.53 Å². The molecule has 0 N–H and O–H groups in total. The van der Waals surface area contributed by atoms with Crippen LogP contribution >= 0.6 is 0 Å². The average Bonchev–Trinajstić information content (AvgIpc) is 2.35. The van der Waals surface area contributed by atoms with Crippen LogP contribution in [0, 0.1) is 0 Å². The van der Waals surface area contributed by atoms with Gasteiger partial charge in [-0.3, -0.25) is 0 Å². The summed E-state index contributed by atoms with van der Waals surface area (Å²) in [4.78, 5) is 10.1. The van der Waals surface area contributed by atoms with E-state index in [9.17, 15) is 4.79 Å². The molecule has 2 nitrogen and oxygen atoms in total. The fourth-order valence-electron chi connectivity index (χ4n) is 1.73. The van der Waals surface area contributed by atoms with Gasteiger partial charge in [0.25, 0.3) is 0 Å².